The maximum Gasteiger partial charge on any atom is 0.160 e. The lowest BCUT2D eigenvalue weighted by molar-refractivity contribution is -0.114. The molecule has 0 saturated carbocycles. The van der Waals surface area contributed by atoms with Crippen LogP contribution in [-0.4, -0.2) is 17.5 Å². The van der Waals surface area contributed by atoms with Gasteiger partial charge in [-0.2, -0.15) is 0 Å². The second-order valence-electron chi connectivity index (χ2n) is 3.70. The van der Waals surface area contributed by atoms with Gasteiger partial charge in [0.15, 0.2) is 17.3 Å². The number of hydrogen-bond acceptors (Lipinski definition) is 3. The number of phenolic OH excluding ortho intramolecular Hbond substituents is 1. The standard InChI is InChI=1S/C15H18O3/c1-3-13(16)8-6-5-7-12-9-10-15(18-4-2)14(17)11-12/h5-11,17H,3-4H2,1-2H3. The van der Waals surface area contributed by atoms with Crippen molar-refractivity contribution in [1.29, 1.82) is 0 Å². The lowest BCUT2D eigenvalue weighted by Crippen LogP contribution is -1.91. The summed E-state index contributed by atoms with van der Waals surface area (Å²) in [5, 5.41) is 9.67. The monoisotopic (exact) mass is 246 g/mol. The maximum absolute atomic E-state index is 11.0. The van der Waals surface area contributed by atoms with Crippen LogP contribution < -0.4 is 4.74 Å². The lowest BCUT2D eigenvalue weighted by Gasteiger charge is -2.05. The largest absolute Gasteiger partial charge is 0.504 e. The number of phenols is 1. The molecule has 1 N–H and O–H groups in total. The van der Waals surface area contributed by atoms with E-state index in [2.05, 4.69) is 0 Å². The van der Waals surface area contributed by atoms with Crippen LogP contribution in [0.15, 0.2) is 36.4 Å². The Hall–Kier alpha value is -2.03. The Kier molecular flexibility index (Phi) is 5.71. The Morgan fingerprint density at radius 3 is 2.72 bits per heavy atom. The fourth-order valence-corrected chi connectivity index (χ4v) is 1.36. The summed E-state index contributed by atoms with van der Waals surface area (Å²) in [6.07, 6.45) is 7.32. The molecule has 0 aliphatic rings. The Morgan fingerprint density at radius 2 is 2.11 bits per heavy atom. The molecular formula is C15H18O3. The molecule has 0 heterocycles. The molecule has 1 aromatic carbocycles. The van der Waals surface area contributed by atoms with Crippen molar-refractivity contribution in [1.82, 2.24) is 0 Å². The van der Waals surface area contributed by atoms with Crippen molar-refractivity contribution in [2.75, 3.05) is 6.61 Å². The van der Waals surface area contributed by atoms with Crippen molar-refractivity contribution in [2.24, 2.45) is 0 Å². The van der Waals surface area contributed by atoms with Gasteiger partial charge < -0.3 is 9.84 Å². The van der Waals surface area contributed by atoms with E-state index in [1.165, 1.54) is 6.08 Å². The van der Waals surface area contributed by atoms with Crippen molar-refractivity contribution in [3.63, 3.8) is 0 Å². The van der Waals surface area contributed by atoms with Crippen LogP contribution in [0.1, 0.15) is 25.8 Å². The summed E-state index contributed by atoms with van der Waals surface area (Å²) in [5.41, 5.74) is 0.851. The minimum Gasteiger partial charge on any atom is -0.504 e. The number of hydrogen-bond donors (Lipinski definition) is 1. The summed E-state index contributed by atoms with van der Waals surface area (Å²) >= 11 is 0. The molecule has 18 heavy (non-hydrogen) atoms. The quantitative estimate of drug-likeness (QED) is 0.618. The van der Waals surface area contributed by atoms with Crippen molar-refractivity contribution < 1.29 is 14.6 Å². The third kappa shape index (κ3) is 4.45. The second-order valence-corrected chi connectivity index (χ2v) is 3.70. The van der Waals surface area contributed by atoms with E-state index in [0.29, 0.717) is 18.8 Å². The van der Waals surface area contributed by atoms with Crippen molar-refractivity contribution in [3.8, 4) is 11.5 Å². The van der Waals surface area contributed by atoms with Gasteiger partial charge in [0.05, 0.1) is 6.61 Å². The number of carbonyl (C=O) groups is 1. The fourth-order valence-electron chi connectivity index (χ4n) is 1.36. The van der Waals surface area contributed by atoms with Crippen LogP contribution in [0.3, 0.4) is 0 Å². The van der Waals surface area contributed by atoms with Crippen LogP contribution in [-0.2, 0) is 4.79 Å². The van der Waals surface area contributed by atoms with E-state index < -0.39 is 0 Å². The summed E-state index contributed by atoms with van der Waals surface area (Å²) in [7, 11) is 0. The number of ketones is 1. The molecule has 0 aliphatic carbocycles. The Balaban J connectivity index is 2.68. The van der Waals surface area contributed by atoms with Gasteiger partial charge in [0.2, 0.25) is 0 Å². The summed E-state index contributed by atoms with van der Waals surface area (Å²) in [6, 6.07) is 5.19. The van der Waals surface area contributed by atoms with E-state index in [-0.39, 0.29) is 11.5 Å². The Bertz CT molecular complexity index is 459. The van der Waals surface area contributed by atoms with Crippen LogP contribution >= 0.6 is 0 Å². The number of rotatable bonds is 6. The molecule has 0 spiro atoms. The number of benzene rings is 1. The van der Waals surface area contributed by atoms with Gasteiger partial charge in [-0.05, 0) is 30.7 Å². The third-order valence-corrected chi connectivity index (χ3v) is 2.31. The minimum absolute atomic E-state index is 0.0918. The number of carbonyl (C=O) groups excluding carboxylic acids is 1. The van der Waals surface area contributed by atoms with Crippen molar-refractivity contribution in [2.45, 2.75) is 20.3 Å². The second kappa shape index (κ2) is 7.33. The predicted octanol–water partition coefficient (Wildman–Crippen LogP) is 3.34. The average molecular weight is 246 g/mol. The maximum atomic E-state index is 11.0. The highest BCUT2D eigenvalue weighted by molar-refractivity contribution is 5.89. The van der Waals surface area contributed by atoms with E-state index in [0.717, 1.165) is 5.56 Å². The van der Waals surface area contributed by atoms with Gasteiger partial charge >= 0.3 is 0 Å². The number of ether oxygens (including phenoxy) is 1. The van der Waals surface area contributed by atoms with E-state index >= 15 is 0 Å². The van der Waals surface area contributed by atoms with Gasteiger partial charge in [-0.15, -0.1) is 0 Å². The minimum atomic E-state index is 0.0918. The molecule has 0 radical (unpaired) electrons. The zero-order chi connectivity index (χ0) is 13.4. The third-order valence-electron chi connectivity index (χ3n) is 2.31. The average Bonchev–Trinajstić information content (AvgIpc) is 2.37. The summed E-state index contributed by atoms with van der Waals surface area (Å²) in [6.45, 7) is 4.20. The first-order valence-corrected chi connectivity index (χ1v) is 6.00. The van der Waals surface area contributed by atoms with Gasteiger partial charge in [0.1, 0.15) is 0 Å². The molecule has 1 rings (SSSR count). The van der Waals surface area contributed by atoms with Crippen molar-refractivity contribution >= 4 is 11.9 Å². The van der Waals surface area contributed by atoms with Gasteiger partial charge in [-0.1, -0.05) is 31.2 Å². The Labute approximate surface area is 107 Å². The smallest absolute Gasteiger partial charge is 0.160 e. The molecular weight excluding hydrogens is 228 g/mol. The highest BCUT2D eigenvalue weighted by atomic mass is 16.5. The first kappa shape index (κ1) is 14.0. The SMILES string of the molecule is CCOc1ccc(C=CC=CC(=O)CC)cc1O. The van der Waals surface area contributed by atoms with Gasteiger partial charge in [0, 0.05) is 6.42 Å². The van der Waals surface area contributed by atoms with Gasteiger partial charge in [0.25, 0.3) is 0 Å². The lowest BCUT2D eigenvalue weighted by atomic mass is 10.2. The molecule has 0 aromatic heterocycles. The molecule has 0 fully saturated rings. The number of aromatic hydroxyl groups is 1. The van der Waals surface area contributed by atoms with Crippen LogP contribution in [0.5, 0.6) is 11.5 Å². The summed E-state index contributed by atoms with van der Waals surface area (Å²) < 4.78 is 5.23. The van der Waals surface area contributed by atoms with Crippen LogP contribution in [0.4, 0.5) is 0 Å². The zero-order valence-electron chi connectivity index (χ0n) is 10.7. The van der Waals surface area contributed by atoms with E-state index in [1.807, 2.05) is 26.0 Å². The summed E-state index contributed by atoms with van der Waals surface area (Å²) in [5.74, 6) is 0.688. The molecule has 0 aliphatic heterocycles. The highest BCUT2D eigenvalue weighted by Gasteiger charge is 2.00. The molecule has 96 valence electrons. The van der Waals surface area contributed by atoms with E-state index in [4.69, 9.17) is 4.74 Å². The van der Waals surface area contributed by atoms with E-state index in [1.54, 1.807) is 24.3 Å². The van der Waals surface area contributed by atoms with Gasteiger partial charge in [-0.25, -0.2) is 0 Å². The molecule has 3 heteroatoms. The van der Waals surface area contributed by atoms with Crippen LogP contribution in [0.25, 0.3) is 6.08 Å². The Morgan fingerprint density at radius 1 is 1.33 bits per heavy atom. The molecule has 0 saturated heterocycles. The van der Waals surface area contributed by atoms with Crippen LogP contribution in [0, 0.1) is 0 Å². The van der Waals surface area contributed by atoms with Gasteiger partial charge in [-0.3, -0.25) is 4.79 Å². The molecule has 0 bridgehead atoms. The predicted molar refractivity (Wildman–Crippen MR) is 72.7 cm³/mol. The fraction of sp³-hybridized carbons (Fsp3) is 0.267. The van der Waals surface area contributed by atoms with Crippen LogP contribution in [0.2, 0.25) is 0 Å². The molecule has 1 aromatic rings. The first-order chi connectivity index (χ1) is 8.67. The number of allylic oxidation sites excluding steroid dienone is 3. The highest BCUT2D eigenvalue weighted by Crippen LogP contribution is 2.27. The molecule has 0 amide bonds. The normalized spacial score (nSPS) is 11.2. The molecule has 0 atom stereocenters. The molecule has 3 nitrogen and oxygen atoms in total. The first-order valence-electron chi connectivity index (χ1n) is 6.00. The van der Waals surface area contributed by atoms with E-state index in [9.17, 15) is 9.90 Å². The zero-order valence-corrected chi connectivity index (χ0v) is 10.7. The van der Waals surface area contributed by atoms with Crippen molar-refractivity contribution in [3.05, 3.63) is 42.0 Å². The summed E-state index contributed by atoms with van der Waals surface area (Å²) in [4.78, 5) is 11.0. The molecule has 0 unspecified atom stereocenters. The topological polar surface area (TPSA) is 46.5 Å².